The number of nitrogens with one attached hydrogen (secondary N) is 1. The zero-order valence-corrected chi connectivity index (χ0v) is 16.1. The van der Waals surface area contributed by atoms with Crippen molar-refractivity contribution >= 4 is 14.2 Å². The fraction of sp³-hybridized carbons (Fsp3) is 0.467. The Morgan fingerprint density at radius 3 is 2.39 bits per heavy atom. The van der Waals surface area contributed by atoms with Crippen LogP contribution in [0.2, 0.25) is 10.5 Å². The Bertz CT molecular complexity index is 491. The molecular formula is C15H26NSiTi. The van der Waals surface area contributed by atoms with Crippen LogP contribution in [0.3, 0.4) is 0 Å². The first-order valence-electron chi connectivity index (χ1n) is 6.86. The van der Waals surface area contributed by atoms with Crippen molar-refractivity contribution in [2.24, 2.45) is 0 Å². The van der Waals surface area contributed by atoms with Crippen LogP contribution >= 0.6 is 0 Å². The average molecular weight is 296 g/mol. The molecule has 18 heavy (non-hydrogen) atoms. The Balaban J connectivity index is 2.41. The van der Waals surface area contributed by atoms with E-state index in [0.717, 1.165) is 0 Å². The van der Waals surface area contributed by atoms with Crippen molar-refractivity contribution in [2.75, 3.05) is 0 Å². The Labute approximate surface area is 115 Å². The molecule has 1 atom stereocenters. The summed E-state index contributed by atoms with van der Waals surface area (Å²) in [6, 6.07) is 8.88. The van der Waals surface area contributed by atoms with Crippen LogP contribution < -0.4 is 3.80 Å². The van der Waals surface area contributed by atoms with Crippen LogP contribution in [0.25, 0.3) is 6.08 Å². The monoisotopic (exact) mass is 296 g/mol. The Hall–Kier alpha value is -0.149. The Morgan fingerprint density at radius 2 is 1.78 bits per heavy atom. The van der Waals surface area contributed by atoms with Gasteiger partial charge in [0, 0.05) is 0 Å². The molecule has 0 radical (unpaired) electrons. The van der Waals surface area contributed by atoms with Gasteiger partial charge in [0.05, 0.1) is 0 Å². The molecule has 1 nitrogen and oxygen atoms in total. The van der Waals surface area contributed by atoms with Gasteiger partial charge in [0.25, 0.3) is 0 Å². The van der Waals surface area contributed by atoms with E-state index in [0.29, 0.717) is 4.22 Å². The summed E-state index contributed by atoms with van der Waals surface area (Å²) in [6.07, 6.45) is 4.77. The molecule has 1 aliphatic carbocycles. The first-order chi connectivity index (χ1) is 8.07. The van der Waals surface area contributed by atoms with Gasteiger partial charge in [-0.15, -0.1) is 0 Å². The normalized spacial score (nSPS) is 21.6. The van der Waals surface area contributed by atoms with E-state index in [1.54, 1.807) is 5.56 Å². The first kappa shape index (κ1) is 14.3. The van der Waals surface area contributed by atoms with E-state index in [9.17, 15) is 0 Å². The van der Waals surface area contributed by atoms with Crippen LogP contribution in [0.15, 0.2) is 30.3 Å². The molecule has 0 spiro atoms. The molecule has 0 fully saturated rings. The molecule has 3 heteroatoms. The molecule has 1 aliphatic rings. The number of hydrogen-bond donors (Lipinski definition) is 1. The SMILES string of the molecule is CC(C)(C)[NH][Ti]([CH3])([CH3])([SiH3])[CH]1C=Cc2ccccc21. The molecule has 1 aromatic carbocycles. The van der Waals surface area contributed by atoms with E-state index in [1.807, 2.05) is 0 Å². The average Bonchev–Trinajstić information content (AvgIpc) is 2.56. The van der Waals surface area contributed by atoms with E-state index >= 15 is 0 Å². The molecule has 2 rings (SSSR count). The van der Waals surface area contributed by atoms with E-state index in [4.69, 9.17) is 0 Å². The molecule has 0 amide bonds. The maximum atomic E-state index is 4.06. The fourth-order valence-corrected chi connectivity index (χ4v) is 16.5. The summed E-state index contributed by atoms with van der Waals surface area (Å²) in [6.45, 7) is 6.89. The van der Waals surface area contributed by atoms with Crippen molar-refractivity contribution in [1.82, 2.24) is 3.80 Å². The fourth-order valence-electron chi connectivity index (χ4n) is 3.55. The van der Waals surface area contributed by atoms with Gasteiger partial charge in [0.1, 0.15) is 0 Å². The summed E-state index contributed by atoms with van der Waals surface area (Å²) in [5.74, 6) is 0. The molecule has 1 unspecified atom stereocenters. The quantitative estimate of drug-likeness (QED) is 0.827. The summed E-state index contributed by atoms with van der Waals surface area (Å²) in [7, 11) is 1.28. The van der Waals surface area contributed by atoms with Crippen molar-refractivity contribution < 1.29 is 14.8 Å². The Kier molecular flexibility index (Phi) is 3.31. The second-order valence-corrected chi connectivity index (χ2v) is 32.3. The van der Waals surface area contributed by atoms with Gasteiger partial charge in [-0.1, -0.05) is 0 Å². The van der Waals surface area contributed by atoms with Crippen LogP contribution in [0, 0.1) is 0 Å². The molecule has 0 bridgehead atoms. The minimum atomic E-state index is -2.58. The zero-order valence-electron chi connectivity index (χ0n) is 12.5. The molecule has 0 aliphatic heterocycles. The predicted molar refractivity (Wildman–Crippen MR) is 82.8 cm³/mol. The minimum absolute atomic E-state index is 0.216. The van der Waals surface area contributed by atoms with Crippen LogP contribution in [-0.4, -0.2) is 13.6 Å². The van der Waals surface area contributed by atoms with Crippen molar-refractivity contribution in [2.45, 2.75) is 41.0 Å². The van der Waals surface area contributed by atoms with Crippen molar-refractivity contribution in [3.8, 4) is 0 Å². The summed E-state index contributed by atoms with van der Waals surface area (Å²) < 4.78 is 4.71. The van der Waals surface area contributed by atoms with Crippen molar-refractivity contribution in [1.29, 1.82) is 0 Å². The molecule has 0 heterocycles. The van der Waals surface area contributed by atoms with Gasteiger partial charge in [-0.05, 0) is 0 Å². The number of fused-ring (bicyclic) bond motifs is 1. The van der Waals surface area contributed by atoms with E-state index < -0.39 is 14.8 Å². The summed E-state index contributed by atoms with van der Waals surface area (Å²) in [4.78, 5) is 0. The molecule has 1 aromatic rings. The van der Waals surface area contributed by atoms with Gasteiger partial charge in [0.2, 0.25) is 0 Å². The topological polar surface area (TPSA) is 12.0 Å². The van der Waals surface area contributed by atoms with Crippen molar-refractivity contribution in [3.05, 3.63) is 41.5 Å². The van der Waals surface area contributed by atoms with Crippen LogP contribution in [-0.2, 0) is 14.8 Å². The van der Waals surface area contributed by atoms with Crippen molar-refractivity contribution in [3.63, 3.8) is 0 Å². The van der Waals surface area contributed by atoms with Gasteiger partial charge in [-0.25, -0.2) is 0 Å². The number of benzene rings is 1. The van der Waals surface area contributed by atoms with Gasteiger partial charge in [-0.3, -0.25) is 0 Å². The summed E-state index contributed by atoms with van der Waals surface area (Å²) in [5, 5.41) is 5.12. The van der Waals surface area contributed by atoms with Gasteiger partial charge < -0.3 is 0 Å². The number of hydrogen-bond acceptors (Lipinski definition) is 1. The van der Waals surface area contributed by atoms with Gasteiger partial charge in [0.15, 0.2) is 0 Å². The van der Waals surface area contributed by atoms with E-state index in [1.165, 1.54) is 13.7 Å². The zero-order chi connectivity index (χ0) is 13.6. The second-order valence-electron chi connectivity index (χ2n) is 8.10. The number of allylic oxidation sites excluding steroid dienone is 1. The molecule has 0 aromatic heterocycles. The molecule has 1 N–H and O–H groups in total. The maximum absolute atomic E-state index is 4.06. The molecule has 0 saturated heterocycles. The number of rotatable bonds is 2. The van der Waals surface area contributed by atoms with Gasteiger partial charge >= 0.3 is 115 Å². The third-order valence-corrected chi connectivity index (χ3v) is 14.1. The van der Waals surface area contributed by atoms with E-state index in [2.05, 4.69) is 71.4 Å². The van der Waals surface area contributed by atoms with Crippen LogP contribution in [0.4, 0.5) is 0 Å². The third-order valence-electron chi connectivity index (χ3n) is 3.71. The molecule has 0 saturated carbocycles. The summed E-state index contributed by atoms with van der Waals surface area (Å²) >= 11 is -2.58. The van der Waals surface area contributed by atoms with E-state index in [-0.39, 0.29) is 5.54 Å². The first-order valence-corrected chi connectivity index (χ1v) is 17.4. The molecule has 99 valence electrons. The summed E-state index contributed by atoms with van der Waals surface area (Å²) in [5.41, 5.74) is 3.19. The second kappa shape index (κ2) is 4.17. The molecular weight excluding hydrogens is 270 g/mol. The predicted octanol–water partition coefficient (Wildman–Crippen LogP) is 3.12. The standard InChI is InChI=1S/C9H7.C4H10N.2CH3.H3Si.Ti/c1-2-5-9-7-3-6-8(9)4-1;1-4(2,3)5;;;;/h1-7H;5H,1-3H3;3*1H3;/q;-1;;;;+1. The third kappa shape index (κ3) is 2.88. The van der Waals surface area contributed by atoms with Crippen LogP contribution in [0.1, 0.15) is 36.1 Å². The van der Waals surface area contributed by atoms with Gasteiger partial charge in [-0.2, -0.15) is 0 Å². The Morgan fingerprint density at radius 1 is 1.17 bits per heavy atom. The van der Waals surface area contributed by atoms with Crippen LogP contribution in [0.5, 0.6) is 0 Å².